The number of nitrogens with one attached hydrogen (secondary N) is 2. The number of carbonyl (C=O) groups excluding carboxylic acids is 2. The van der Waals surface area contributed by atoms with Crippen molar-refractivity contribution in [3.63, 3.8) is 0 Å². The average molecular weight is 303 g/mol. The number of fused-ring (bicyclic) bond motifs is 2. The summed E-state index contributed by atoms with van der Waals surface area (Å²) in [6, 6.07) is 5.35. The monoisotopic (exact) mass is 303 g/mol. The first-order chi connectivity index (χ1) is 10.7. The number of hydrogen-bond donors (Lipinski definition) is 2. The molecular formula is C15H17N3O4. The quantitative estimate of drug-likeness (QED) is 0.807. The molecule has 0 aromatic heterocycles. The summed E-state index contributed by atoms with van der Waals surface area (Å²) >= 11 is 0. The molecule has 0 bridgehead atoms. The first-order valence-corrected chi connectivity index (χ1v) is 7.46. The summed E-state index contributed by atoms with van der Waals surface area (Å²) in [6.07, 6.45) is 0.602. The lowest BCUT2D eigenvalue weighted by atomic mass is 9.93. The van der Waals surface area contributed by atoms with Crippen LogP contribution in [0.2, 0.25) is 0 Å². The lowest BCUT2D eigenvalue weighted by Gasteiger charge is -2.40. The smallest absolute Gasteiger partial charge is 0.414 e. The summed E-state index contributed by atoms with van der Waals surface area (Å²) in [5, 5.41) is 6.00. The number of nitrogens with zero attached hydrogens (tertiary/aromatic N) is 1. The number of piperidine rings is 1. The Kier molecular flexibility index (Phi) is 3.15. The van der Waals surface area contributed by atoms with Crippen molar-refractivity contribution in [1.82, 2.24) is 5.32 Å². The zero-order valence-corrected chi connectivity index (χ0v) is 12.0. The van der Waals surface area contributed by atoms with E-state index in [0.717, 1.165) is 19.5 Å². The van der Waals surface area contributed by atoms with E-state index in [1.165, 1.54) is 0 Å². The van der Waals surface area contributed by atoms with Crippen LogP contribution in [-0.2, 0) is 9.53 Å². The number of benzene rings is 1. The second-order valence-corrected chi connectivity index (χ2v) is 5.80. The van der Waals surface area contributed by atoms with E-state index in [-0.39, 0.29) is 24.7 Å². The van der Waals surface area contributed by atoms with Crippen LogP contribution in [0, 0.1) is 5.92 Å². The van der Waals surface area contributed by atoms with E-state index in [0.29, 0.717) is 29.6 Å². The largest absolute Gasteiger partial charge is 0.482 e. The topological polar surface area (TPSA) is 79.9 Å². The molecule has 2 atom stereocenters. The Morgan fingerprint density at radius 3 is 3.09 bits per heavy atom. The van der Waals surface area contributed by atoms with Gasteiger partial charge in [0.05, 0.1) is 5.69 Å². The van der Waals surface area contributed by atoms with E-state index in [1.807, 2.05) is 6.07 Å². The summed E-state index contributed by atoms with van der Waals surface area (Å²) in [6.45, 7) is 2.33. The van der Waals surface area contributed by atoms with Gasteiger partial charge in [-0.3, -0.25) is 9.69 Å². The summed E-state index contributed by atoms with van der Waals surface area (Å²) in [7, 11) is 0. The van der Waals surface area contributed by atoms with E-state index in [1.54, 1.807) is 17.0 Å². The van der Waals surface area contributed by atoms with Crippen LogP contribution in [-0.4, -0.2) is 44.3 Å². The van der Waals surface area contributed by atoms with E-state index < -0.39 is 0 Å². The molecule has 2 fully saturated rings. The first kappa shape index (κ1) is 13.4. The lowest BCUT2D eigenvalue weighted by molar-refractivity contribution is -0.118. The van der Waals surface area contributed by atoms with Crippen LogP contribution < -0.4 is 20.3 Å². The molecule has 0 radical (unpaired) electrons. The molecule has 0 spiro atoms. The van der Waals surface area contributed by atoms with Crippen molar-refractivity contribution >= 4 is 23.4 Å². The molecule has 3 aliphatic rings. The number of hydrogen-bond acceptors (Lipinski definition) is 5. The van der Waals surface area contributed by atoms with Gasteiger partial charge in [-0.05, 0) is 31.2 Å². The SMILES string of the molecule is O=C1COc2ccc(N3CC4CCNCC4OC3=O)cc2N1. The maximum Gasteiger partial charge on any atom is 0.414 e. The van der Waals surface area contributed by atoms with Gasteiger partial charge in [0, 0.05) is 24.7 Å². The molecule has 2 saturated heterocycles. The predicted octanol–water partition coefficient (Wildman–Crippen LogP) is 0.952. The highest BCUT2D eigenvalue weighted by Crippen LogP contribution is 2.34. The first-order valence-electron chi connectivity index (χ1n) is 7.46. The second-order valence-electron chi connectivity index (χ2n) is 5.80. The number of amides is 2. The van der Waals surface area contributed by atoms with Gasteiger partial charge in [0.1, 0.15) is 11.9 Å². The molecule has 7 nitrogen and oxygen atoms in total. The van der Waals surface area contributed by atoms with Gasteiger partial charge >= 0.3 is 6.09 Å². The second kappa shape index (κ2) is 5.17. The third-order valence-electron chi connectivity index (χ3n) is 4.36. The minimum absolute atomic E-state index is 0.0227. The maximum atomic E-state index is 12.2. The highest BCUT2D eigenvalue weighted by Gasteiger charge is 2.37. The number of anilines is 2. The van der Waals surface area contributed by atoms with Crippen LogP contribution in [0.15, 0.2) is 18.2 Å². The summed E-state index contributed by atoms with van der Waals surface area (Å²) < 4.78 is 10.9. The van der Waals surface area contributed by atoms with E-state index in [9.17, 15) is 9.59 Å². The van der Waals surface area contributed by atoms with Crippen LogP contribution in [0.5, 0.6) is 5.75 Å². The molecule has 2 N–H and O–H groups in total. The Balaban J connectivity index is 1.60. The molecule has 116 valence electrons. The molecule has 1 aromatic carbocycles. The van der Waals surface area contributed by atoms with Crippen molar-refractivity contribution in [3.05, 3.63) is 18.2 Å². The fourth-order valence-electron chi connectivity index (χ4n) is 3.18. The van der Waals surface area contributed by atoms with Crippen LogP contribution in [0.1, 0.15) is 6.42 Å². The van der Waals surface area contributed by atoms with Crippen molar-refractivity contribution in [2.45, 2.75) is 12.5 Å². The van der Waals surface area contributed by atoms with Gasteiger partial charge in [0.25, 0.3) is 5.91 Å². The van der Waals surface area contributed by atoms with Gasteiger partial charge < -0.3 is 20.1 Å². The Morgan fingerprint density at radius 2 is 2.18 bits per heavy atom. The zero-order chi connectivity index (χ0) is 15.1. The molecule has 3 heterocycles. The summed E-state index contributed by atoms with van der Waals surface area (Å²) in [4.78, 5) is 25.3. The Hall–Kier alpha value is -2.28. The molecule has 2 amide bonds. The molecule has 0 aliphatic carbocycles. The highest BCUT2D eigenvalue weighted by atomic mass is 16.6. The minimum atomic E-state index is -0.340. The molecule has 0 saturated carbocycles. The van der Waals surface area contributed by atoms with Gasteiger partial charge in [-0.25, -0.2) is 4.79 Å². The molecule has 4 rings (SSSR count). The molecule has 7 heteroatoms. The van der Waals surface area contributed by atoms with Crippen molar-refractivity contribution in [3.8, 4) is 5.75 Å². The molecule has 3 aliphatic heterocycles. The van der Waals surface area contributed by atoms with Crippen molar-refractivity contribution in [2.75, 3.05) is 36.5 Å². The van der Waals surface area contributed by atoms with Crippen molar-refractivity contribution in [2.24, 2.45) is 5.92 Å². The van der Waals surface area contributed by atoms with E-state index >= 15 is 0 Å². The van der Waals surface area contributed by atoms with Gasteiger partial charge in [0.15, 0.2) is 6.61 Å². The summed E-state index contributed by atoms with van der Waals surface area (Å²) in [5.74, 6) is 0.763. The fourth-order valence-corrected chi connectivity index (χ4v) is 3.18. The van der Waals surface area contributed by atoms with Crippen LogP contribution in [0.4, 0.5) is 16.2 Å². The van der Waals surface area contributed by atoms with Crippen molar-refractivity contribution in [1.29, 1.82) is 0 Å². The normalized spacial score (nSPS) is 27.2. The van der Waals surface area contributed by atoms with E-state index in [2.05, 4.69) is 10.6 Å². The van der Waals surface area contributed by atoms with Gasteiger partial charge in [-0.2, -0.15) is 0 Å². The Labute approximate surface area is 127 Å². The maximum absolute atomic E-state index is 12.2. The van der Waals surface area contributed by atoms with Crippen LogP contribution >= 0.6 is 0 Å². The third-order valence-corrected chi connectivity index (χ3v) is 4.36. The van der Waals surface area contributed by atoms with Gasteiger partial charge in [-0.1, -0.05) is 0 Å². The molecule has 1 aromatic rings. The predicted molar refractivity (Wildman–Crippen MR) is 79.2 cm³/mol. The minimum Gasteiger partial charge on any atom is -0.482 e. The van der Waals surface area contributed by atoms with Crippen LogP contribution in [0.25, 0.3) is 0 Å². The third kappa shape index (κ3) is 2.27. The highest BCUT2D eigenvalue weighted by molar-refractivity contribution is 5.97. The number of carbonyl (C=O) groups is 2. The molecular weight excluding hydrogens is 286 g/mol. The molecule has 22 heavy (non-hydrogen) atoms. The summed E-state index contributed by atoms with van der Waals surface area (Å²) in [5.41, 5.74) is 1.31. The van der Waals surface area contributed by atoms with Crippen LogP contribution in [0.3, 0.4) is 0 Å². The Morgan fingerprint density at radius 1 is 1.27 bits per heavy atom. The van der Waals surface area contributed by atoms with E-state index in [4.69, 9.17) is 9.47 Å². The lowest BCUT2D eigenvalue weighted by Crippen LogP contribution is -2.54. The Bertz CT molecular complexity index is 633. The van der Waals surface area contributed by atoms with Gasteiger partial charge in [-0.15, -0.1) is 0 Å². The standard InChI is InChI=1S/C15H17N3O4/c19-14-8-21-12-2-1-10(5-11(12)17-14)18-7-9-3-4-16-6-13(9)22-15(18)20/h1-2,5,9,13,16H,3-4,6-8H2,(H,17,19). The van der Waals surface area contributed by atoms with Crippen molar-refractivity contribution < 1.29 is 19.1 Å². The van der Waals surface area contributed by atoms with Gasteiger partial charge in [0.2, 0.25) is 0 Å². The zero-order valence-electron chi connectivity index (χ0n) is 12.0. The molecule has 2 unspecified atom stereocenters. The number of rotatable bonds is 1. The number of ether oxygens (including phenoxy) is 2. The fraction of sp³-hybridized carbons (Fsp3) is 0.467. The average Bonchev–Trinajstić information content (AvgIpc) is 2.53.